The maximum absolute atomic E-state index is 13.4. The standard InChI is InChI=1S/C12H13ClFNO4/c1-3-8(11(16)18-4-2)12(17)19-10-9(14)5-7(13)6-15-10/h5-6,8H,3-4H2,1-2H3. The zero-order valence-corrected chi connectivity index (χ0v) is 11.2. The molecular weight excluding hydrogens is 277 g/mol. The van der Waals surface area contributed by atoms with Crippen molar-refractivity contribution in [1.82, 2.24) is 4.98 Å². The molecule has 0 saturated heterocycles. The molecule has 0 fully saturated rings. The average molecular weight is 290 g/mol. The van der Waals surface area contributed by atoms with E-state index in [9.17, 15) is 14.0 Å². The number of aromatic nitrogens is 1. The molecule has 0 spiro atoms. The van der Waals surface area contributed by atoms with Crippen molar-refractivity contribution in [3.8, 4) is 5.88 Å². The van der Waals surface area contributed by atoms with Gasteiger partial charge in [0, 0.05) is 6.20 Å². The molecule has 0 aliphatic carbocycles. The third kappa shape index (κ3) is 4.17. The Kier molecular flexibility index (Phi) is 5.69. The molecule has 1 aromatic rings. The number of halogens is 2. The lowest BCUT2D eigenvalue weighted by Gasteiger charge is -2.12. The van der Waals surface area contributed by atoms with Crippen molar-refractivity contribution in [1.29, 1.82) is 0 Å². The topological polar surface area (TPSA) is 65.5 Å². The molecule has 0 saturated carbocycles. The first-order chi connectivity index (χ1) is 8.99. The molecule has 19 heavy (non-hydrogen) atoms. The fraction of sp³-hybridized carbons (Fsp3) is 0.417. The van der Waals surface area contributed by atoms with E-state index in [1.165, 1.54) is 0 Å². The van der Waals surface area contributed by atoms with Crippen molar-refractivity contribution in [2.75, 3.05) is 6.61 Å². The summed E-state index contributed by atoms with van der Waals surface area (Å²) >= 11 is 5.52. The first-order valence-corrected chi connectivity index (χ1v) is 6.06. The molecule has 1 aromatic heterocycles. The number of esters is 2. The van der Waals surface area contributed by atoms with Gasteiger partial charge in [-0.1, -0.05) is 18.5 Å². The second-order valence-corrected chi connectivity index (χ2v) is 4.01. The Labute approximate surface area is 114 Å². The second-order valence-electron chi connectivity index (χ2n) is 3.57. The van der Waals surface area contributed by atoms with Crippen LogP contribution in [0.25, 0.3) is 0 Å². The van der Waals surface area contributed by atoms with E-state index in [4.69, 9.17) is 21.1 Å². The SMILES string of the molecule is CCOC(=O)C(CC)C(=O)Oc1ncc(Cl)cc1F. The third-order valence-electron chi connectivity index (χ3n) is 2.24. The third-order valence-corrected chi connectivity index (χ3v) is 2.44. The van der Waals surface area contributed by atoms with Gasteiger partial charge in [-0.05, 0) is 19.4 Å². The maximum atomic E-state index is 13.4. The van der Waals surface area contributed by atoms with Gasteiger partial charge in [0.2, 0.25) is 0 Å². The fourth-order valence-electron chi connectivity index (χ4n) is 1.32. The van der Waals surface area contributed by atoms with Crippen LogP contribution in [0.1, 0.15) is 20.3 Å². The van der Waals surface area contributed by atoms with E-state index < -0.39 is 29.6 Å². The molecule has 1 unspecified atom stereocenters. The Balaban J connectivity index is 2.79. The summed E-state index contributed by atoms with van der Waals surface area (Å²) in [7, 11) is 0. The first-order valence-electron chi connectivity index (χ1n) is 5.68. The minimum absolute atomic E-state index is 0.0785. The van der Waals surface area contributed by atoms with Crippen LogP contribution in [-0.4, -0.2) is 23.5 Å². The van der Waals surface area contributed by atoms with Crippen LogP contribution in [0.2, 0.25) is 5.02 Å². The zero-order valence-electron chi connectivity index (χ0n) is 10.5. The van der Waals surface area contributed by atoms with Crippen LogP contribution in [-0.2, 0) is 14.3 Å². The Morgan fingerprint density at radius 1 is 1.42 bits per heavy atom. The van der Waals surface area contributed by atoms with Crippen molar-refractivity contribution < 1.29 is 23.5 Å². The highest BCUT2D eigenvalue weighted by atomic mass is 35.5. The van der Waals surface area contributed by atoms with Crippen LogP contribution in [0.4, 0.5) is 4.39 Å². The number of nitrogens with zero attached hydrogens (tertiary/aromatic N) is 1. The Morgan fingerprint density at radius 3 is 2.63 bits per heavy atom. The second kappa shape index (κ2) is 7.04. The molecule has 0 N–H and O–H groups in total. The Morgan fingerprint density at radius 2 is 2.11 bits per heavy atom. The summed E-state index contributed by atoms with van der Waals surface area (Å²) < 4.78 is 22.9. The van der Waals surface area contributed by atoms with Gasteiger partial charge in [-0.25, -0.2) is 9.37 Å². The maximum Gasteiger partial charge on any atom is 0.327 e. The summed E-state index contributed by atoms with van der Waals surface area (Å²) in [4.78, 5) is 26.8. The van der Waals surface area contributed by atoms with E-state index in [2.05, 4.69) is 4.98 Å². The van der Waals surface area contributed by atoms with Crippen molar-refractivity contribution >= 4 is 23.5 Å². The van der Waals surface area contributed by atoms with Gasteiger partial charge in [0.1, 0.15) is 0 Å². The Bertz CT molecular complexity index is 481. The van der Waals surface area contributed by atoms with Crippen LogP contribution in [0.15, 0.2) is 12.3 Å². The molecule has 0 radical (unpaired) electrons. The zero-order chi connectivity index (χ0) is 14.4. The van der Waals surface area contributed by atoms with Crippen LogP contribution >= 0.6 is 11.6 Å². The van der Waals surface area contributed by atoms with Crippen LogP contribution in [0.5, 0.6) is 5.88 Å². The molecule has 7 heteroatoms. The summed E-state index contributed by atoms with van der Waals surface area (Å²) in [5.41, 5.74) is 0. The van der Waals surface area contributed by atoms with Crippen LogP contribution in [0, 0.1) is 11.7 Å². The number of carbonyl (C=O) groups excluding carboxylic acids is 2. The highest BCUT2D eigenvalue weighted by molar-refractivity contribution is 6.30. The van der Waals surface area contributed by atoms with E-state index in [1.807, 2.05) is 0 Å². The average Bonchev–Trinajstić information content (AvgIpc) is 2.34. The molecule has 0 aliphatic heterocycles. The number of pyridine rings is 1. The first kappa shape index (κ1) is 15.4. The molecule has 0 bridgehead atoms. The molecule has 5 nitrogen and oxygen atoms in total. The normalized spacial score (nSPS) is 11.8. The minimum Gasteiger partial charge on any atom is -0.465 e. The number of carbonyl (C=O) groups is 2. The summed E-state index contributed by atoms with van der Waals surface area (Å²) in [6, 6.07) is 0.961. The molecule has 1 atom stereocenters. The van der Waals surface area contributed by atoms with Gasteiger partial charge in [0.15, 0.2) is 11.7 Å². The molecule has 0 amide bonds. The lowest BCUT2D eigenvalue weighted by Crippen LogP contribution is -2.29. The highest BCUT2D eigenvalue weighted by Crippen LogP contribution is 2.19. The van der Waals surface area contributed by atoms with E-state index in [1.54, 1.807) is 13.8 Å². The van der Waals surface area contributed by atoms with E-state index >= 15 is 0 Å². The van der Waals surface area contributed by atoms with Crippen molar-refractivity contribution in [2.45, 2.75) is 20.3 Å². The van der Waals surface area contributed by atoms with Gasteiger partial charge >= 0.3 is 11.9 Å². The van der Waals surface area contributed by atoms with E-state index in [0.717, 1.165) is 12.3 Å². The van der Waals surface area contributed by atoms with Gasteiger partial charge in [0.25, 0.3) is 5.88 Å². The van der Waals surface area contributed by atoms with E-state index in [-0.39, 0.29) is 18.1 Å². The van der Waals surface area contributed by atoms with E-state index in [0.29, 0.717) is 0 Å². The predicted molar refractivity (Wildman–Crippen MR) is 65.3 cm³/mol. The van der Waals surface area contributed by atoms with Crippen LogP contribution in [0.3, 0.4) is 0 Å². The predicted octanol–water partition coefficient (Wildman–Crippen LogP) is 2.37. The lowest BCUT2D eigenvalue weighted by molar-refractivity contribution is -0.157. The van der Waals surface area contributed by atoms with Crippen molar-refractivity contribution in [3.63, 3.8) is 0 Å². The Hall–Kier alpha value is -1.69. The lowest BCUT2D eigenvalue weighted by atomic mass is 10.1. The molecule has 1 heterocycles. The molecule has 1 rings (SSSR count). The smallest absolute Gasteiger partial charge is 0.327 e. The molecular formula is C12H13ClFNO4. The number of rotatable bonds is 5. The van der Waals surface area contributed by atoms with Gasteiger partial charge in [-0.3, -0.25) is 9.59 Å². The monoisotopic (exact) mass is 289 g/mol. The summed E-state index contributed by atoms with van der Waals surface area (Å²) in [5.74, 6) is -4.10. The fourth-order valence-corrected chi connectivity index (χ4v) is 1.46. The number of ether oxygens (including phenoxy) is 2. The van der Waals surface area contributed by atoms with Gasteiger partial charge < -0.3 is 9.47 Å². The van der Waals surface area contributed by atoms with Crippen LogP contribution < -0.4 is 4.74 Å². The van der Waals surface area contributed by atoms with Gasteiger partial charge in [0.05, 0.1) is 11.6 Å². The largest absolute Gasteiger partial charge is 0.465 e. The number of hydrogen-bond acceptors (Lipinski definition) is 5. The highest BCUT2D eigenvalue weighted by Gasteiger charge is 2.29. The molecule has 104 valence electrons. The van der Waals surface area contributed by atoms with Gasteiger partial charge in [-0.15, -0.1) is 0 Å². The summed E-state index contributed by atoms with van der Waals surface area (Å²) in [5, 5.41) is 0.0785. The quantitative estimate of drug-likeness (QED) is 0.615. The summed E-state index contributed by atoms with van der Waals surface area (Å²) in [6.07, 6.45) is 1.32. The number of hydrogen-bond donors (Lipinski definition) is 0. The summed E-state index contributed by atoms with van der Waals surface area (Å²) in [6.45, 7) is 3.39. The minimum atomic E-state index is -1.10. The molecule has 0 aliphatic rings. The van der Waals surface area contributed by atoms with Crippen molar-refractivity contribution in [2.24, 2.45) is 5.92 Å². The van der Waals surface area contributed by atoms with Gasteiger partial charge in [-0.2, -0.15) is 0 Å². The molecule has 0 aromatic carbocycles. The van der Waals surface area contributed by atoms with Crippen molar-refractivity contribution in [3.05, 3.63) is 23.1 Å².